The molecule has 6 aromatic rings. The van der Waals surface area contributed by atoms with Crippen molar-refractivity contribution in [1.29, 1.82) is 0 Å². The number of aryl methyl sites for hydroxylation is 4. The fourth-order valence-electron chi connectivity index (χ4n) is 8.31. The Morgan fingerprint density at radius 2 is 0.962 bits per heavy atom. The van der Waals surface area contributed by atoms with Gasteiger partial charge in [-0.1, -0.05) is 60.7 Å². The second kappa shape index (κ2) is 14.4. The molecule has 14 heteroatoms. The Balaban J connectivity index is 1.06. The van der Waals surface area contributed by atoms with Gasteiger partial charge in [0.15, 0.2) is 22.3 Å². The topological polar surface area (TPSA) is 152 Å². The Labute approximate surface area is 305 Å². The normalized spacial score (nSPS) is 16.0. The first-order chi connectivity index (χ1) is 25.7. The summed E-state index contributed by atoms with van der Waals surface area (Å²) in [7, 11) is 3.24. The van der Waals surface area contributed by atoms with Gasteiger partial charge in [-0.05, 0) is 67.9 Å². The van der Waals surface area contributed by atoms with Gasteiger partial charge in [-0.25, -0.2) is 9.59 Å². The Kier molecular flexibility index (Phi) is 9.35. The van der Waals surface area contributed by atoms with Crippen molar-refractivity contribution in [2.75, 3.05) is 36.0 Å². The van der Waals surface area contributed by atoms with Crippen LogP contribution in [0.2, 0.25) is 0 Å². The summed E-state index contributed by atoms with van der Waals surface area (Å²) in [6.45, 7) is 3.97. The lowest BCUT2D eigenvalue weighted by Crippen LogP contribution is -2.36. The lowest BCUT2D eigenvalue weighted by Gasteiger charge is -2.33. The summed E-state index contributed by atoms with van der Waals surface area (Å²) in [6, 6.07) is 21.1. The summed E-state index contributed by atoms with van der Waals surface area (Å²) < 4.78 is 6.64. The van der Waals surface area contributed by atoms with E-state index in [-0.39, 0.29) is 0 Å². The van der Waals surface area contributed by atoms with Crippen molar-refractivity contribution in [3.8, 4) is 0 Å². The fraction of sp³-hybridized carbons (Fsp3) is 0.436. The number of fused-ring (bicyclic) bond motifs is 2. The van der Waals surface area contributed by atoms with Crippen molar-refractivity contribution in [2.45, 2.75) is 58.0 Å². The molecule has 6 heterocycles. The highest BCUT2D eigenvalue weighted by Gasteiger charge is 2.28. The smallest absolute Gasteiger partial charge is 0.329 e. The molecule has 276 valence electrons. The molecule has 0 saturated carbocycles. The highest BCUT2D eigenvalue weighted by molar-refractivity contribution is 5.75. The SMILES string of the molecule is Cn1c(=O)[nH]c(=O)c2c1nc(N1CCC(Cc3ccccc3)CC1)n2CCCn1c(N2CCC(Cc3ccccc3)CC2)nc2c1c(=O)[nH]c(=O)n2C. The molecule has 0 spiro atoms. The number of hydrogen-bond donors (Lipinski definition) is 2. The van der Waals surface area contributed by atoms with Crippen LogP contribution in [0.4, 0.5) is 11.9 Å². The van der Waals surface area contributed by atoms with Gasteiger partial charge >= 0.3 is 11.4 Å². The number of imidazole rings is 2. The quantitative estimate of drug-likeness (QED) is 0.219. The van der Waals surface area contributed by atoms with Crippen LogP contribution in [0.5, 0.6) is 0 Å². The van der Waals surface area contributed by atoms with Gasteiger partial charge in [0.25, 0.3) is 11.1 Å². The molecule has 8 rings (SSSR count). The van der Waals surface area contributed by atoms with E-state index in [1.54, 1.807) is 14.1 Å². The molecule has 0 amide bonds. The molecule has 2 aliphatic rings. The molecule has 0 bridgehead atoms. The fourth-order valence-corrected chi connectivity index (χ4v) is 8.31. The molecule has 2 saturated heterocycles. The van der Waals surface area contributed by atoms with Crippen LogP contribution in [0, 0.1) is 11.8 Å². The summed E-state index contributed by atoms with van der Waals surface area (Å²) in [4.78, 5) is 71.1. The van der Waals surface area contributed by atoms with E-state index in [0.29, 0.717) is 65.6 Å². The van der Waals surface area contributed by atoms with Crippen molar-refractivity contribution in [3.05, 3.63) is 113 Å². The van der Waals surface area contributed by atoms with Crippen LogP contribution in [-0.4, -0.2) is 64.4 Å². The van der Waals surface area contributed by atoms with Gasteiger partial charge in [0.05, 0.1) is 0 Å². The van der Waals surface area contributed by atoms with E-state index in [9.17, 15) is 19.2 Å². The number of hydrogen-bond acceptors (Lipinski definition) is 8. The third-order valence-electron chi connectivity index (χ3n) is 11.3. The summed E-state index contributed by atoms with van der Waals surface area (Å²) in [5, 5.41) is 0. The van der Waals surface area contributed by atoms with Crippen LogP contribution in [0.25, 0.3) is 22.3 Å². The molecule has 14 nitrogen and oxygen atoms in total. The van der Waals surface area contributed by atoms with Crippen molar-refractivity contribution >= 4 is 34.2 Å². The van der Waals surface area contributed by atoms with E-state index in [0.717, 1.165) is 64.7 Å². The first-order valence-electron chi connectivity index (χ1n) is 18.7. The zero-order valence-corrected chi connectivity index (χ0v) is 30.3. The standard InChI is InChI=1S/C39H46N10O4/c1-44-32-30(34(50)42-38(44)52)48(36(40-32)46-20-14-28(15-21-46)24-26-10-5-3-6-11-26)18-9-19-49-31-33(45(2)39(53)43-35(31)51)41-37(49)47-22-16-29(17-23-47)25-27-12-7-4-8-13-27/h3-8,10-13,28-29H,9,14-25H2,1-2H3,(H,42,50,52)(H,43,51,53). The number of aromatic amines is 2. The number of rotatable bonds is 10. The van der Waals surface area contributed by atoms with E-state index in [2.05, 4.69) is 68.3 Å². The second-order valence-electron chi connectivity index (χ2n) is 14.7. The van der Waals surface area contributed by atoms with Gasteiger partial charge in [0.2, 0.25) is 11.9 Å². The van der Waals surface area contributed by atoms with E-state index in [1.165, 1.54) is 20.3 Å². The van der Waals surface area contributed by atoms with Crippen LogP contribution in [-0.2, 0) is 40.0 Å². The van der Waals surface area contributed by atoms with E-state index < -0.39 is 22.5 Å². The molecule has 2 N–H and O–H groups in total. The molecule has 0 radical (unpaired) electrons. The largest absolute Gasteiger partial charge is 0.342 e. The number of piperidine rings is 2. The predicted octanol–water partition coefficient (Wildman–Crippen LogP) is 3.17. The second-order valence-corrected chi connectivity index (χ2v) is 14.7. The minimum Gasteiger partial charge on any atom is -0.342 e. The molecular formula is C39H46N10O4. The molecule has 0 unspecified atom stereocenters. The van der Waals surface area contributed by atoms with Crippen molar-refractivity contribution in [2.24, 2.45) is 25.9 Å². The number of H-pyrrole nitrogens is 2. The van der Waals surface area contributed by atoms with Crippen LogP contribution in [0.1, 0.15) is 43.2 Å². The average molecular weight is 719 g/mol. The maximum Gasteiger partial charge on any atom is 0.329 e. The lowest BCUT2D eigenvalue weighted by atomic mass is 9.90. The molecule has 53 heavy (non-hydrogen) atoms. The first-order valence-corrected chi connectivity index (χ1v) is 18.7. The summed E-state index contributed by atoms with van der Waals surface area (Å²) >= 11 is 0. The number of nitrogens with one attached hydrogen (secondary N) is 2. The Morgan fingerprint density at radius 1 is 0.585 bits per heavy atom. The molecule has 2 aliphatic heterocycles. The zero-order valence-electron chi connectivity index (χ0n) is 30.3. The maximum atomic E-state index is 13.4. The Morgan fingerprint density at radius 3 is 1.34 bits per heavy atom. The van der Waals surface area contributed by atoms with Gasteiger partial charge in [-0.15, -0.1) is 0 Å². The highest BCUT2D eigenvalue weighted by Crippen LogP contribution is 2.30. The minimum absolute atomic E-state index is 0.346. The molecule has 0 aliphatic carbocycles. The molecule has 2 fully saturated rings. The third kappa shape index (κ3) is 6.73. The van der Waals surface area contributed by atoms with Gasteiger partial charge < -0.3 is 18.9 Å². The van der Waals surface area contributed by atoms with Crippen LogP contribution in [0.15, 0.2) is 79.8 Å². The van der Waals surface area contributed by atoms with Gasteiger partial charge in [0, 0.05) is 53.4 Å². The molecule has 0 atom stereocenters. The third-order valence-corrected chi connectivity index (χ3v) is 11.3. The molecule has 2 aromatic carbocycles. The Hall–Kier alpha value is -5.66. The van der Waals surface area contributed by atoms with Crippen LogP contribution in [0.3, 0.4) is 0 Å². The van der Waals surface area contributed by atoms with Gasteiger partial charge in [-0.3, -0.25) is 28.7 Å². The number of benzene rings is 2. The first kappa shape index (κ1) is 34.4. The minimum atomic E-state index is -0.507. The summed E-state index contributed by atoms with van der Waals surface area (Å²) in [5.41, 5.74) is 2.11. The van der Waals surface area contributed by atoms with E-state index in [1.807, 2.05) is 21.3 Å². The Bertz CT molecular complexity index is 2300. The van der Waals surface area contributed by atoms with Gasteiger partial charge in [0.1, 0.15) is 0 Å². The van der Waals surface area contributed by atoms with Crippen molar-refractivity contribution in [1.82, 2.24) is 38.2 Å². The maximum absolute atomic E-state index is 13.4. The molecule has 4 aromatic heterocycles. The summed E-state index contributed by atoms with van der Waals surface area (Å²) in [6.07, 6.45) is 6.54. The molecular weight excluding hydrogens is 672 g/mol. The van der Waals surface area contributed by atoms with Crippen LogP contribution >= 0.6 is 0 Å². The predicted molar refractivity (Wildman–Crippen MR) is 206 cm³/mol. The van der Waals surface area contributed by atoms with Crippen molar-refractivity contribution < 1.29 is 0 Å². The highest BCUT2D eigenvalue weighted by atomic mass is 16.2. The van der Waals surface area contributed by atoms with Crippen LogP contribution < -0.4 is 32.3 Å². The average Bonchev–Trinajstić information content (AvgIpc) is 3.75. The lowest BCUT2D eigenvalue weighted by molar-refractivity contribution is 0.396. The van der Waals surface area contributed by atoms with Crippen molar-refractivity contribution in [3.63, 3.8) is 0 Å². The number of anilines is 2. The van der Waals surface area contributed by atoms with Gasteiger partial charge in [-0.2, -0.15) is 9.97 Å². The zero-order chi connectivity index (χ0) is 36.6. The van der Waals surface area contributed by atoms with E-state index in [4.69, 9.17) is 9.97 Å². The monoisotopic (exact) mass is 718 g/mol. The summed E-state index contributed by atoms with van der Waals surface area (Å²) in [5.74, 6) is 2.43. The number of nitrogens with zero attached hydrogens (tertiary/aromatic N) is 8. The number of aromatic nitrogens is 8. The van der Waals surface area contributed by atoms with E-state index >= 15 is 0 Å².